The second kappa shape index (κ2) is 7.33. The van der Waals surface area contributed by atoms with Crippen molar-refractivity contribution in [3.8, 4) is 6.07 Å². The monoisotopic (exact) mass is 297 g/mol. The minimum Gasteiger partial charge on any atom is -0.480 e. The van der Waals surface area contributed by atoms with Crippen molar-refractivity contribution in [1.82, 2.24) is 5.32 Å². The molecule has 1 rings (SSSR count). The molecular weight excluding hydrogens is 286 g/mol. The lowest BCUT2D eigenvalue weighted by Crippen LogP contribution is -2.43. The summed E-state index contributed by atoms with van der Waals surface area (Å²) < 4.78 is 0. The number of anilines is 1. The van der Waals surface area contributed by atoms with Crippen molar-refractivity contribution in [2.24, 2.45) is 0 Å². The van der Waals surface area contributed by atoms with Crippen LogP contribution in [0, 0.1) is 11.3 Å². The van der Waals surface area contributed by atoms with Crippen LogP contribution in [0.25, 0.3) is 0 Å². The van der Waals surface area contributed by atoms with Gasteiger partial charge in [-0.1, -0.05) is 11.6 Å². The van der Waals surface area contributed by atoms with Gasteiger partial charge >= 0.3 is 12.0 Å². The molecule has 0 radical (unpaired) electrons. The highest BCUT2D eigenvalue weighted by atomic mass is 35.5. The summed E-state index contributed by atoms with van der Waals surface area (Å²) in [6.45, 7) is -0.366. The second-order valence-electron chi connectivity index (χ2n) is 3.81. The van der Waals surface area contributed by atoms with Gasteiger partial charge in [0.2, 0.25) is 0 Å². The third-order valence-electron chi connectivity index (χ3n) is 2.37. The first-order chi connectivity index (χ1) is 9.47. The van der Waals surface area contributed by atoms with Crippen LogP contribution in [0.4, 0.5) is 10.5 Å². The number of aliphatic hydroxyl groups excluding tert-OH is 1. The number of nitrogens with one attached hydrogen (secondary N) is 2. The molecule has 106 valence electrons. The molecule has 7 nitrogen and oxygen atoms in total. The number of hydrogen-bond donors (Lipinski definition) is 4. The summed E-state index contributed by atoms with van der Waals surface area (Å²) >= 11 is 5.86. The highest BCUT2D eigenvalue weighted by molar-refractivity contribution is 6.33. The summed E-state index contributed by atoms with van der Waals surface area (Å²) in [6.07, 6.45) is -0.107. The summed E-state index contributed by atoms with van der Waals surface area (Å²) in [5.41, 5.74) is 0.584. The summed E-state index contributed by atoms with van der Waals surface area (Å²) in [5, 5.41) is 30.9. The van der Waals surface area contributed by atoms with E-state index in [2.05, 4.69) is 10.6 Å². The highest BCUT2D eigenvalue weighted by Crippen LogP contribution is 2.22. The summed E-state index contributed by atoms with van der Waals surface area (Å²) in [7, 11) is 0. The number of carbonyl (C=O) groups is 2. The Hall–Kier alpha value is -2.30. The first kappa shape index (κ1) is 15.8. The van der Waals surface area contributed by atoms with Crippen LogP contribution in [0.3, 0.4) is 0 Å². The fourth-order valence-corrected chi connectivity index (χ4v) is 1.62. The van der Waals surface area contributed by atoms with Gasteiger partial charge in [0.05, 0.1) is 22.3 Å². The molecular formula is C12H12ClN3O4. The van der Waals surface area contributed by atoms with Crippen molar-refractivity contribution in [2.45, 2.75) is 12.5 Å². The number of hydrogen-bond acceptors (Lipinski definition) is 4. The Morgan fingerprint density at radius 2 is 2.15 bits per heavy atom. The molecule has 8 heteroatoms. The largest absolute Gasteiger partial charge is 0.480 e. The molecule has 0 aliphatic heterocycles. The molecule has 1 aromatic rings. The maximum absolute atomic E-state index is 11.6. The molecule has 0 saturated heterocycles. The molecule has 0 saturated carbocycles. The first-order valence-corrected chi connectivity index (χ1v) is 5.96. The van der Waals surface area contributed by atoms with E-state index >= 15 is 0 Å². The Labute approximate surface area is 119 Å². The molecule has 4 N–H and O–H groups in total. The van der Waals surface area contributed by atoms with Crippen LogP contribution in [-0.4, -0.2) is 34.9 Å². The zero-order chi connectivity index (χ0) is 15.1. The van der Waals surface area contributed by atoms with E-state index in [-0.39, 0.29) is 23.7 Å². The van der Waals surface area contributed by atoms with Crippen molar-refractivity contribution >= 4 is 29.3 Å². The quantitative estimate of drug-likeness (QED) is 0.649. The molecule has 1 aromatic carbocycles. The van der Waals surface area contributed by atoms with Crippen LogP contribution in [0.1, 0.15) is 12.0 Å². The Kier molecular flexibility index (Phi) is 5.77. The average molecular weight is 298 g/mol. The van der Waals surface area contributed by atoms with Crippen LogP contribution in [0.5, 0.6) is 0 Å². The third-order valence-corrected chi connectivity index (χ3v) is 2.68. The van der Waals surface area contributed by atoms with Crippen molar-refractivity contribution in [3.05, 3.63) is 28.8 Å². The van der Waals surface area contributed by atoms with Crippen molar-refractivity contribution in [1.29, 1.82) is 5.26 Å². The minimum atomic E-state index is -1.25. The van der Waals surface area contributed by atoms with Crippen LogP contribution < -0.4 is 10.6 Å². The highest BCUT2D eigenvalue weighted by Gasteiger charge is 2.19. The van der Waals surface area contributed by atoms with Crippen molar-refractivity contribution in [2.75, 3.05) is 11.9 Å². The molecule has 0 aromatic heterocycles. The van der Waals surface area contributed by atoms with E-state index in [1.165, 1.54) is 18.2 Å². The predicted octanol–water partition coefficient (Wildman–Crippen LogP) is 1.17. The molecule has 20 heavy (non-hydrogen) atoms. The second-order valence-corrected chi connectivity index (χ2v) is 4.22. The number of nitriles is 1. The minimum absolute atomic E-state index is 0.107. The Balaban J connectivity index is 2.71. The number of carbonyl (C=O) groups excluding carboxylic acids is 1. The van der Waals surface area contributed by atoms with E-state index in [1.54, 1.807) is 0 Å². The number of carboxylic acids is 1. The molecule has 0 heterocycles. The molecule has 0 aliphatic rings. The van der Waals surface area contributed by atoms with E-state index in [1.807, 2.05) is 6.07 Å². The number of benzene rings is 1. The van der Waals surface area contributed by atoms with E-state index in [4.69, 9.17) is 27.1 Å². The topological polar surface area (TPSA) is 122 Å². The zero-order valence-electron chi connectivity index (χ0n) is 10.3. The van der Waals surface area contributed by atoms with Gasteiger partial charge in [0.1, 0.15) is 6.04 Å². The number of halogens is 1. The van der Waals surface area contributed by atoms with E-state index in [9.17, 15) is 9.59 Å². The Morgan fingerprint density at radius 1 is 1.45 bits per heavy atom. The summed E-state index contributed by atoms with van der Waals surface area (Å²) in [6, 6.07) is 4.20. The molecule has 0 aliphatic carbocycles. The van der Waals surface area contributed by atoms with Gasteiger partial charge in [0, 0.05) is 13.0 Å². The molecule has 1 atom stereocenters. The van der Waals surface area contributed by atoms with Gasteiger partial charge in [-0.25, -0.2) is 9.59 Å². The van der Waals surface area contributed by atoms with Gasteiger partial charge in [-0.2, -0.15) is 5.26 Å². The summed E-state index contributed by atoms with van der Waals surface area (Å²) in [5.74, 6) is -1.25. The molecule has 0 fully saturated rings. The zero-order valence-corrected chi connectivity index (χ0v) is 11.0. The van der Waals surface area contributed by atoms with E-state index in [0.717, 1.165) is 0 Å². The van der Waals surface area contributed by atoms with Crippen LogP contribution >= 0.6 is 11.6 Å². The van der Waals surface area contributed by atoms with Crippen LogP contribution in [-0.2, 0) is 4.79 Å². The molecule has 2 amide bonds. The number of aliphatic hydroxyl groups is 1. The SMILES string of the molecule is N#Cc1ccc(NC(=O)NC(CCO)C(=O)O)c(Cl)c1. The number of amides is 2. The smallest absolute Gasteiger partial charge is 0.326 e. The number of aliphatic carboxylic acids is 1. The van der Waals surface area contributed by atoms with Gasteiger partial charge in [0.15, 0.2) is 0 Å². The molecule has 0 bridgehead atoms. The van der Waals surface area contributed by atoms with Crippen molar-refractivity contribution in [3.63, 3.8) is 0 Å². The van der Waals surface area contributed by atoms with E-state index in [0.29, 0.717) is 5.56 Å². The van der Waals surface area contributed by atoms with Crippen LogP contribution in [0.2, 0.25) is 5.02 Å². The summed E-state index contributed by atoms with van der Waals surface area (Å²) in [4.78, 5) is 22.4. The maximum atomic E-state index is 11.6. The van der Waals surface area contributed by atoms with Gasteiger partial charge in [0.25, 0.3) is 0 Å². The lowest BCUT2D eigenvalue weighted by Gasteiger charge is -2.14. The fourth-order valence-electron chi connectivity index (χ4n) is 1.39. The maximum Gasteiger partial charge on any atom is 0.326 e. The number of urea groups is 1. The van der Waals surface area contributed by atoms with Gasteiger partial charge in [-0.15, -0.1) is 0 Å². The molecule has 1 unspecified atom stereocenters. The Bertz CT molecular complexity index is 556. The molecule has 0 spiro atoms. The number of carboxylic acid groups (broad SMARTS) is 1. The van der Waals surface area contributed by atoms with Gasteiger partial charge in [-0.3, -0.25) is 0 Å². The lowest BCUT2D eigenvalue weighted by atomic mass is 10.2. The van der Waals surface area contributed by atoms with Crippen LogP contribution in [0.15, 0.2) is 18.2 Å². The normalized spacial score (nSPS) is 11.2. The fraction of sp³-hybridized carbons (Fsp3) is 0.250. The predicted molar refractivity (Wildman–Crippen MR) is 71.4 cm³/mol. The first-order valence-electron chi connectivity index (χ1n) is 5.58. The average Bonchev–Trinajstić information content (AvgIpc) is 2.40. The third kappa shape index (κ3) is 4.42. The van der Waals surface area contributed by atoms with Gasteiger partial charge < -0.3 is 20.8 Å². The number of rotatable bonds is 5. The Morgan fingerprint density at radius 3 is 2.65 bits per heavy atom. The number of nitrogens with zero attached hydrogens (tertiary/aromatic N) is 1. The van der Waals surface area contributed by atoms with E-state index < -0.39 is 18.0 Å². The standard InChI is InChI=1S/C12H12ClN3O4/c13-8-5-7(6-14)1-2-9(8)15-12(20)16-10(3-4-17)11(18)19/h1-2,5,10,17H,3-4H2,(H,18,19)(H2,15,16,20). The van der Waals surface area contributed by atoms with Gasteiger partial charge in [-0.05, 0) is 18.2 Å². The van der Waals surface area contributed by atoms with Crippen molar-refractivity contribution < 1.29 is 19.8 Å². The lowest BCUT2D eigenvalue weighted by molar-refractivity contribution is -0.139.